The molecule has 4 heteroatoms. The second-order valence-corrected chi connectivity index (χ2v) is 4.71. The maximum absolute atomic E-state index is 10.9. The van der Waals surface area contributed by atoms with Gasteiger partial charge in [0.15, 0.2) is 0 Å². The molecule has 0 rings (SSSR count). The van der Waals surface area contributed by atoms with Gasteiger partial charge < -0.3 is 0 Å². The topological polar surface area (TPSA) is 55.1 Å². The molecule has 3 nitrogen and oxygen atoms in total. The van der Waals surface area contributed by atoms with E-state index in [1.807, 2.05) is 11.8 Å². The number of nitrogens with one attached hydrogen (secondary N) is 1. The van der Waals surface area contributed by atoms with Crippen molar-refractivity contribution < 1.29 is 4.79 Å². The van der Waals surface area contributed by atoms with Crippen LogP contribution < -0.4 is 11.3 Å². The third-order valence-corrected chi connectivity index (χ3v) is 3.04. The maximum atomic E-state index is 10.9. The Morgan fingerprint density at radius 2 is 2.23 bits per heavy atom. The van der Waals surface area contributed by atoms with E-state index in [0.29, 0.717) is 11.7 Å². The van der Waals surface area contributed by atoms with E-state index in [9.17, 15) is 4.79 Å². The Hall–Kier alpha value is -0.220. The standard InChI is InChI=1S/C9H20N2OS/c1-3-4-5-6-13-8(2)7-9(12)11-10/h8H,3-7,10H2,1-2H3,(H,11,12). The van der Waals surface area contributed by atoms with Crippen molar-refractivity contribution in [2.24, 2.45) is 5.84 Å². The van der Waals surface area contributed by atoms with Crippen molar-refractivity contribution in [1.82, 2.24) is 5.43 Å². The molecule has 0 aromatic carbocycles. The molecule has 78 valence electrons. The fourth-order valence-corrected chi connectivity index (χ4v) is 2.06. The SMILES string of the molecule is CCCCCSC(C)CC(=O)NN. The molecule has 0 aromatic rings. The summed E-state index contributed by atoms with van der Waals surface area (Å²) in [5.41, 5.74) is 2.15. The summed E-state index contributed by atoms with van der Waals surface area (Å²) in [4.78, 5) is 10.9. The minimum absolute atomic E-state index is 0.0736. The van der Waals surface area contributed by atoms with Crippen LogP contribution in [0.15, 0.2) is 0 Å². The lowest BCUT2D eigenvalue weighted by Crippen LogP contribution is -2.31. The molecule has 0 saturated carbocycles. The molecule has 0 saturated heterocycles. The second-order valence-electron chi connectivity index (χ2n) is 3.16. The van der Waals surface area contributed by atoms with Crippen molar-refractivity contribution in [2.45, 2.75) is 44.8 Å². The summed E-state index contributed by atoms with van der Waals surface area (Å²) >= 11 is 1.84. The Bertz CT molecular complexity index is 142. The molecule has 0 aliphatic rings. The molecule has 13 heavy (non-hydrogen) atoms. The van der Waals surface area contributed by atoms with Crippen molar-refractivity contribution in [3.63, 3.8) is 0 Å². The number of unbranched alkanes of at least 4 members (excludes halogenated alkanes) is 2. The van der Waals surface area contributed by atoms with E-state index in [-0.39, 0.29) is 5.91 Å². The Labute approximate surface area is 84.8 Å². The molecule has 0 aliphatic carbocycles. The Morgan fingerprint density at radius 3 is 2.77 bits per heavy atom. The molecule has 0 fully saturated rings. The van der Waals surface area contributed by atoms with E-state index in [1.54, 1.807) is 0 Å². The molecule has 0 bridgehead atoms. The number of hydrogen-bond acceptors (Lipinski definition) is 3. The van der Waals surface area contributed by atoms with Gasteiger partial charge in [-0.05, 0) is 12.2 Å². The lowest BCUT2D eigenvalue weighted by atomic mass is 10.3. The van der Waals surface area contributed by atoms with Gasteiger partial charge in [0, 0.05) is 11.7 Å². The van der Waals surface area contributed by atoms with Gasteiger partial charge in [-0.2, -0.15) is 11.8 Å². The zero-order valence-corrected chi connectivity index (χ0v) is 9.32. The van der Waals surface area contributed by atoms with E-state index in [4.69, 9.17) is 5.84 Å². The zero-order chi connectivity index (χ0) is 10.1. The molecule has 0 aromatic heterocycles. The summed E-state index contributed by atoms with van der Waals surface area (Å²) in [5.74, 6) is 6.06. The number of thioether (sulfide) groups is 1. The van der Waals surface area contributed by atoms with Crippen LogP contribution in [0.4, 0.5) is 0 Å². The third-order valence-electron chi connectivity index (χ3n) is 1.78. The van der Waals surface area contributed by atoms with Crippen LogP contribution in [0.2, 0.25) is 0 Å². The van der Waals surface area contributed by atoms with Gasteiger partial charge in [-0.1, -0.05) is 26.7 Å². The van der Waals surface area contributed by atoms with Crippen LogP contribution in [-0.2, 0) is 4.79 Å². The Balaban J connectivity index is 3.29. The number of rotatable bonds is 7. The molecule has 1 amide bonds. The van der Waals surface area contributed by atoms with Gasteiger partial charge in [0.05, 0.1) is 0 Å². The highest BCUT2D eigenvalue weighted by molar-refractivity contribution is 7.99. The molecule has 1 atom stereocenters. The number of amides is 1. The molecule has 0 heterocycles. The highest BCUT2D eigenvalue weighted by atomic mass is 32.2. The number of nitrogens with two attached hydrogens (primary N) is 1. The largest absolute Gasteiger partial charge is 0.294 e. The first-order valence-electron chi connectivity index (χ1n) is 4.81. The van der Waals surface area contributed by atoms with Crippen LogP contribution in [-0.4, -0.2) is 16.9 Å². The summed E-state index contributed by atoms with van der Waals surface area (Å²) in [6, 6.07) is 0. The second kappa shape index (κ2) is 8.38. The van der Waals surface area contributed by atoms with Gasteiger partial charge in [-0.25, -0.2) is 5.84 Å². The van der Waals surface area contributed by atoms with Gasteiger partial charge in [-0.15, -0.1) is 0 Å². The first-order valence-corrected chi connectivity index (χ1v) is 5.86. The van der Waals surface area contributed by atoms with Crippen LogP contribution in [0.3, 0.4) is 0 Å². The average molecular weight is 204 g/mol. The van der Waals surface area contributed by atoms with E-state index >= 15 is 0 Å². The maximum Gasteiger partial charge on any atom is 0.234 e. The Kier molecular flexibility index (Phi) is 8.24. The number of carbonyl (C=O) groups excluding carboxylic acids is 1. The molecule has 0 spiro atoms. The van der Waals surface area contributed by atoms with Crippen molar-refractivity contribution in [1.29, 1.82) is 0 Å². The quantitative estimate of drug-likeness (QED) is 0.287. The van der Waals surface area contributed by atoms with E-state index in [1.165, 1.54) is 19.3 Å². The third kappa shape index (κ3) is 8.12. The average Bonchev–Trinajstić information content (AvgIpc) is 2.12. The molecular formula is C9H20N2OS. The van der Waals surface area contributed by atoms with Crippen molar-refractivity contribution in [3.8, 4) is 0 Å². The van der Waals surface area contributed by atoms with Gasteiger partial charge >= 0.3 is 0 Å². The van der Waals surface area contributed by atoms with Crippen molar-refractivity contribution >= 4 is 17.7 Å². The minimum atomic E-state index is -0.0736. The van der Waals surface area contributed by atoms with E-state index in [0.717, 1.165) is 5.75 Å². The predicted octanol–water partition coefficient (Wildman–Crippen LogP) is 1.68. The summed E-state index contributed by atoms with van der Waals surface area (Å²) in [6.45, 7) is 4.25. The summed E-state index contributed by atoms with van der Waals surface area (Å²) in [7, 11) is 0. The molecule has 0 aliphatic heterocycles. The van der Waals surface area contributed by atoms with Crippen LogP contribution in [0.25, 0.3) is 0 Å². The van der Waals surface area contributed by atoms with Gasteiger partial charge in [0.2, 0.25) is 5.91 Å². The Morgan fingerprint density at radius 1 is 1.54 bits per heavy atom. The number of hydrogen-bond donors (Lipinski definition) is 2. The van der Waals surface area contributed by atoms with Crippen LogP contribution in [0.5, 0.6) is 0 Å². The molecule has 0 radical (unpaired) electrons. The number of carbonyl (C=O) groups is 1. The molecule has 1 unspecified atom stereocenters. The lowest BCUT2D eigenvalue weighted by Gasteiger charge is -2.09. The smallest absolute Gasteiger partial charge is 0.234 e. The van der Waals surface area contributed by atoms with Gasteiger partial charge in [0.25, 0.3) is 0 Å². The summed E-state index contributed by atoms with van der Waals surface area (Å²) in [6.07, 6.45) is 4.30. The van der Waals surface area contributed by atoms with Gasteiger partial charge in [-0.3, -0.25) is 10.2 Å². The van der Waals surface area contributed by atoms with Crippen LogP contribution >= 0.6 is 11.8 Å². The zero-order valence-electron chi connectivity index (χ0n) is 8.51. The van der Waals surface area contributed by atoms with Gasteiger partial charge in [0.1, 0.15) is 0 Å². The predicted molar refractivity (Wildman–Crippen MR) is 58.4 cm³/mol. The van der Waals surface area contributed by atoms with Crippen LogP contribution in [0, 0.1) is 0 Å². The first kappa shape index (κ1) is 12.8. The van der Waals surface area contributed by atoms with E-state index < -0.39 is 0 Å². The first-order chi connectivity index (χ1) is 6.20. The summed E-state index contributed by atoms with van der Waals surface area (Å²) in [5, 5.41) is 0.375. The minimum Gasteiger partial charge on any atom is -0.294 e. The molecular weight excluding hydrogens is 184 g/mol. The van der Waals surface area contributed by atoms with Crippen LogP contribution in [0.1, 0.15) is 39.5 Å². The van der Waals surface area contributed by atoms with Crippen molar-refractivity contribution in [2.75, 3.05) is 5.75 Å². The number of hydrazine groups is 1. The summed E-state index contributed by atoms with van der Waals surface area (Å²) < 4.78 is 0. The van der Waals surface area contributed by atoms with E-state index in [2.05, 4.69) is 19.3 Å². The molecule has 3 N–H and O–H groups in total. The highest BCUT2D eigenvalue weighted by Crippen LogP contribution is 2.15. The lowest BCUT2D eigenvalue weighted by molar-refractivity contribution is -0.121. The fourth-order valence-electron chi connectivity index (χ4n) is 1.02. The fraction of sp³-hybridized carbons (Fsp3) is 0.889. The van der Waals surface area contributed by atoms with Crippen molar-refractivity contribution in [3.05, 3.63) is 0 Å². The monoisotopic (exact) mass is 204 g/mol. The highest BCUT2D eigenvalue weighted by Gasteiger charge is 2.07. The normalized spacial score (nSPS) is 12.5.